The summed E-state index contributed by atoms with van der Waals surface area (Å²) in [6, 6.07) is 6.78. The van der Waals surface area contributed by atoms with Gasteiger partial charge in [0.15, 0.2) is 11.6 Å². The molecule has 5 heteroatoms. The number of ether oxygens (including phenoxy) is 1. The predicted molar refractivity (Wildman–Crippen MR) is 71.0 cm³/mol. The average Bonchev–Trinajstić information content (AvgIpc) is 2.89. The van der Waals surface area contributed by atoms with E-state index in [2.05, 4.69) is 16.9 Å². The molecule has 1 aromatic carbocycles. The molecule has 1 heterocycles. The van der Waals surface area contributed by atoms with Crippen molar-refractivity contribution in [3.05, 3.63) is 52.0 Å². The molecule has 2 aromatic rings. The number of rotatable bonds is 5. The molecule has 0 saturated heterocycles. The third-order valence-corrected chi connectivity index (χ3v) is 3.53. The van der Waals surface area contributed by atoms with E-state index in [1.807, 2.05) is 5.38 Å². The fraction of sp³-hybridized carbons (Fsp3) is 0.231. The third kappa shape index (κ3) is 2.87. The Kier molecular flexibility index (Phi) is 4.30. The smallest absolute Gasteiger partial charge is 0.165 e. The van der Waals surface area contributed by atoms with Crippen molar-refractivity contribution in [3.8, 4) is 5.75 Å². The van der Waals surface area contributed by atoms with Crippen LogP contribution in [0.5, 0.6) is 5.75 Å². The molecule has 0 fully saturated rings. The van der Waals surface area contributed by atoms with Gasteiger partial charge in [0, 0.05) is 0 Å². The van der Waals surface area contributed by atoms with Crippen LogP contribution in [0.1, 0.15) is 17.2 Å². The fourth-order valence-corrected chi connectivity index (χ4v) is 2.49. The van der Waals surface area contributed by atoms with Gasteiger partial charge in [-0.1, -0.05) is 6.07 Å². The van der Waals surface area contributed by atoms with Crippen LogP contribution in [0, 0.1) is 5.82 Å². The van der Waals surface area contributed by atoms with E-state index in [9.17, 15) is 4.39 Å². The molecular weight excluding hydrogens is 251 g/mol. The zero-order valence-corrected chi connectivity index (χ0v) is 10.8. The molecule has 96 valence electrons. The molecule has 2 rings (SSSR count). The van der Waals surface area contributed by atoms with Crippen LogP contribution < -0.4 is 16.0 Å². The highest BCUT2D eigenvalue weighted by Crippen LogP contribution is 2.25. The Balaban J connectivity index is 2.21. The predicted octanol–water partition coefficient (Wildman–Crippen LogP) is 2.64. The van der Waals surface area contributed by atoms with Crippen LogP contribution in [0.4, 0.5) is 4.39 Å². The summed E-state index contributed by atoms with van der Waals surface area (Å²) in [4.78, 5) is 0. The molecule has 18 heavy (non-hydrogen) atoms. The van der Waals surface area contributed by atoms with Gasteiger partial charge < -0.3 is 4.74 Å². The van der Waals surface area contributed by atoms with Gasteiger partial charge in [-0.05, 0) is 46.5 Å². The maximum atomic E-state index is 13.3. The van der Waals surface area contributed by atoms with Crippen molar-refractivity contribution in [3.63, 3.8) is 0 Å². The van der Waals surface area contributed by atoms with Crippen molar-refractivity contribution in [1.82, 2.24) is 5.43 Å². The first kappa shape index (κ1) is 13.0. The Morgan fingerprint density at radius 3 is 2.89 bits per heavy atom. The van der Waals surface area contributed by atoms with E-state index in [-0.39, 0.29) is 17.6 Å². The van der Waals surface area contributed by atoms with Crippen LogP contribution in [-0.4, -0.2) is 7.11 Å². The van der Waals surface area contributed by atoms with Gasteiger partial charge in [0.2, 0.25) is 0 Å². The zero-order chi connectivity index (χ0) is 13.0. The highest BCUT2D eigenvalue weighted by atomic mass is 32.1. The summed E-state index contributed by atoms with van der Waals surface area (Å²) in [7, 11) is 1.45. The molecule has 0 amide bonds. The molecule has 0 aliphatic rings. The molecule has 0 aliphatic heterocycles. The molecule has 1 atom stereocenters. The number of hydrogen-bond donors (Lipinski definition) is 2. The van der Waals surface area contributed by atoms with Gasteiger partial charge in [0.25, 0.3) is 0 Å². The second kappa shape index (κ2) is 5.95. The van der Waals surface area contributed by atoms with Crippen molar-refractivity contribution >= 4 is 11.3 Å². The Labute approximate surface area is 109 Å². The third-order valence-electron chi connectivity index (χ3n) is 2.80. The van der Waals surface area contributed by atoms with E-state index < -0.39 is 0 Å². The van der Waals surface area contributed by atoms with E-state index in [1.54, 1.807) is 23.5 Å². The number of halogens is 1. The number of thiophene rings is 1. The fourth-order valence-electron chi connectivity index (χ4n) is 1.81. The molecular formula is C13H15FN2OS. The average molecular weight is 266 g/mol. The van der Waals surface area contributed by atoms with Gasteiger partial charge in [-0.15, -0.1) is 0 Å². The lowest BCUT2D eigenvalue weighted by Crippen LogP contribution is -2.29. The molecule has 0 saturated carbocycles. The topological polar surface area (TPSA) is 47.3 Å². The summed E-state index contributed by atoms with van der Waals surface area (Å²) in [6.45, 7) is 0. The van der Waals surface area contributed by atoms with Crippen LogP contribution in [-0.2, 0) is 6.42 Å². The SMILES string of the molecule is COc1cc(C(Cc2ccsc2)NN)ccc1F. The minimum Gasteiger partial charge on any atom is -0.494 e. The summed E-state index contributed by atoms with van der Waals surface area (Å²) in [5.74, 6) is 5.44. The van der Waals surface area contributed by atoms with E-state index in [0.717, 1.165) is 12.0 Å². The second-order valence-corrected chi connectivity index (χ2v) is 4.73. The summed E-state index contributed by atoms with van der Waals surface area (Å²) < 4.78 is 18.3. The lowest BCUT2D eigenvalue weighted by molar-refractivity contribution is 0.384. The molecule has 0 radical (unpaired) electrons. The monoisotopic (exact) mass is 266 g/mol. The molecule has 0 bridgehead atoms. The molecule has 3 N–H and O–H groups in total. The number of benzene rings is 1. The number of hydrazine groups is 1. The molecule has 1 aromatic heterocycles. The second-order valence-electron chi connectivity index (χ2n) is 3.95. The standard InChI is InChI=1S/C13H15FN2OS/c1-17-13-7-10(2-3-11(13)14)12(16-15)6-9-4-5-18-8-9/h2-5,7-8,12,16H,6,15H2,1H3. The van der Waals surface area contributed by atoms with Crippen molar-refractivity contribution in [2.75, 3.05) is 7.11 Å². The summed E-state index contributed by atoms with van der Waals surface area (Å²) in [5, 5.41) is 4.10. The summed E-state index contributed by atoms with van der Waals surface area (Å²) >= 11 is 1.64. The van der Waals surface area contributed by atoms with Gasteiger partial charge in [-0.25, -0.2) is 4.39 Å². The van der Waals surface area contributed by atoms with Crippen LogP contribution in [0.3, 0.4) is 0 Å². The largest absolute Gasteiger partial charge is 0.494 e. The maximum Gasteiger partial charge on any atom is 0.165 e. The van der Waals surface area contributed by atoms with Crippen LogP contribution in [0.15, 0.2) is 35.0 Å². The maximum absolute atomic E-state index is 13.3. The van der Waals surface area contributed by atoms with Gasteiger partial charge in [-0.3, -0.25) is 11.3 Å². The number of nitrogens with two attached hydrogens (primary N) is 1. The minimum absolute atomic E-state index is 0.0610. The van der Waals surface area contributed by atoms with Crippen molar-refractivity contribution < 1.29 is 9.13 Å². The molecule has 1 unspecified atom stereocenters. The van der Waals surface area contributed by atoms with E-state index in [0.29, 0.717) is 0 Å². The van der Waals surface area contributed by atoms with Crippen molar-refractivity contribution in [1.29, 1.82) is 0 Å². The number of hydrogen-bond acceptors (Lipinski definition) is 4. The first-order chi connectivity index (χ1) is 8.74. The Morgan fingerprint density at radius 2 is 2.28 bits per heavy atom. The van der Waals surface area contributed by atoms with Crippen molar-refractivity contribution in [2.45, 2.75) is 12.5 Å². The van der Waals surface area contributed by atoms with E-state index in [4.69, 9.17) is 10.6 Å². The van der Waals surface area contributed by atoms with Gasteiger partial charge in [0.05, 0.1) is 13.2 Å². The minimum atomic E-state index is -0.368. The van der Waals surface area contributed by atoms with Crippen LogP contribution in [0.2, 0.25) is 0 Å². The van der Waals surface area contributed by atoms with Gasteiger partial charge >= 0.3 is 0 Å². The van der Waals surface area contributed by atoms with Crippen LogP contribution in [0.25, 0.3) is 0 Å². The van der Waals surface area contributed by atoms with Crippen molar-refractivity contribution in [2.24, 2.45) is 5.84 Å². The van der Waals surface area contributed by atoms with Crippen LogP contribution >= 0.6 is 11.3 Å². The molecule has 0 aliphatic carbocycles. The van der Waals surface area contributed by atoms with Gasteiger partial charge in [0.1, 0.15) is 0 Å². The first-order valence-corrected chi connectivity index (χ1v) is 6.49. The van der Waals surface area contributed by atoms with E-state index in [1.165, 1.54) is 18.7 Å². The zero-order valence-electron chi connectivity index (χ0n) is 10.0. The highest BCUT2D eigenvalue weighted by molar-refractivity contribution is 7.07. The quantitative estimate of drug-likeness (QED) is 0.646. The van der Waals surface area contributed by atoms with E-state index >= 15 is 0 Å². The lowest BCUT2D eigenvalue weighted by Gasteiger charge is -2.16. The first-order valence-electron chi connectivity index (χ1n) is 5.55. The summed E-state index contributed by atoms with van der Waals surface area (Å²) in [6.07, 6.45) is 0.759. The number of nitrogens with one attached hydrogen (secondary N) is 1. The summed E-state index contributed by atoms with van der Waals surface area (Å²) in [5.41, 5.74) is 4.86. The molecule has 3 nitrogen and oxygen atoms in total. The Morgan fingerprint density at radius 1 is 1.44 bits per heavy atom. The lowest BCUT2D eigenvalue weighted by atomic mass is 10.0. The Bertz CT molecular complexity index is 502. The molecule has 0 spiro atoms. The number of methoxy groups -OCH3 is 1. The normalized spacial score (nSPS) is 12.4. The van der Waals surface area contributed by atoms with Gasteiger partial charge in [-0.2, -0.15) is 11.3 Å². The Hall–Kier alpha value is -1.43. The highest BCUT2D eigenvalue weighted by Gasteiger charge is 2.13.